The van der Waals surface area contributed by atoms with Crippen LogP contribution < -0.4 is 9.47 Å². The Morgan fingerprint density at radius 3 is 2.72 bits per heavy atom. The second-order valence-corrected chi connectivity index (χ2v) is 8.33. The Labute approximate surface area is 179 Å². The van der Waals surface area contributed by atoms with Crippen LogP contribution in [0.4, 0.5) is 0 Å². The van der Waals surface area contributed by atoms with Gasteiger partial charge in [0.05, 0.1) is 13.7 Å². The average molecular weight is 432 g/mol. The first-order chi connectivity index (χ1) is 14.1. The largest absolute Gasteiger partial charge is 0.497 e. The molecule has 0 bridgehead atoms. The van der Waals surface area contributed by atoms with Crippen LogP contribution in [-0.2, 0) is 17.1 Å². The van der Waals surface area contributed by atoms with E-state index in [1.807, 2.05) is 36.4 Å². The van der Waals surface area contributed by atoms with Gasteiger partial charge in [0.2, 0.25) is 0 Å². The standard InChI is InChI=1S/C21H22ClN3O3S/c1-13(2)25-20(14-4-6-18(26-3)7-5-14)23-24-21(25)29-11-16-9-17(22)8-15-10-27-12-28-19(15)16/h4-9,13H,10-12H2,1-3H3. The van der Waals surface area contributed by atoms with Crippen molar-refractivity contribution in [3.8, 4) is 22.9 Å². The monoisotopic (exact) mass is 431 g/mol. The topological polar surface area (TPSA) is 58.4 Å². The quantitative estimate of drug-likeness (QED) is 0.490. The summed E-state index contributed by atoms with van der Waals surface area (Å²) in [5.74, 6) is 3.19. The van der Waals surface area contributed by atoms with Crippen molar-refractivity contribution in [1.29, 1.82) is 0 Å². The molecule has 29 heavy (non-hydrogen) atoms. The van der Waals surface area contributed by atoms with E-state index in [1.165, 1.54) is 0 Å². The van der Waals surface area contributed by atoms with Crippen LogP contribution in [0.5, 0.6) is 11.5 Å². The molecular weight excluding hydrogens is 410 g/mol. The summed E-state index contributed by atoms with van der Waals surface area (Å²) in [6, 6.07) is 11.9. The Morgan fingerprint density at radius 1 is 1.21 bits per heavy atom. The van der Waals surface area contributed by atoms with Crippen LogP contribution in [0.15, 0.2) is 41.6 Å². The summed E-state index contributed by atoms with van der Waals surface area (Å²) in [6.07, 6.45) is 0. The minimum atomic E-state index is 0.211. The highest BCUT2D eigenvalue weighted by atomic mass is 35.5. The van der Waals surface area contributed by atoms with Crippen LogP contribution in [0.25, 0.3) is 11.4 Å². The SMILES string of the molecule is COc1ccc(-c2nnc(SCc3cc(Cl)cc4c3OCOC4)n2C(C)C)cc1. The zero-order valence-corrected chi connectivity index (χ0v) is 18.1. The Morgan fingerprint density at radius 2 is 2.00 bits per heavy atom. The Balaban J connectivity index is 1.61. The number of methoxy groups -OCH3 is 1. The molecule has 0 atom stereocenters. The highest BCUT2D eigenvalue weighted by Gasteiger charge is 2.20. The predicted octanol–water partition coefficient (Wildman–Crippen LogP) is 5.35. The number of halogens is 1. The van der Waals surface area contributed by atoms with E-state index in [1.54, 1.807) is 18.9 Å². The molecule has 0 unspecified atom stereocenters. The molecule has 0 aliphatic carbocycles. The van der Waals surface area contributed by atoms with E-state index < -0.39 is 0 Å². The molecule has 0 amide bonds. The fourth-order valence-electron chi connectivity index (χ4n) is 3.28. The van der Waals surface area contributed by atoms with Gasteiger partial charge >= 0.3 is 0 Å². The lowest BCUT2D eigenvalue weighted by Crippen LogP contribution is -2.13. The molecule has 1 aliphatic heterocycles. The maximum absolute atomic E-state index is 6.29. The molecule has 2 aromatic carbocycles. The van der Waals surface area contributed by atoms with Gasteiger partial charge in [-0.2, -0.15) is 0 Å². The van der Waals surface area contributed by atoms with Crippen molar-refractivity contribution in [1.82, 2.24) is 14.8 Å². The van der Waals surface area contributed by atoms with Crippen LogP contribution in [0.2, 0.25) is 5.02 Å². The zero-order valence-electron chi connectivity index (χ0n) is 16.5. The highest BCUT2D eigenvalue weighted by Crippen LogP contribution is 2.36. The van der Waals surface area contributed by atoms with Gasteiger partial charge < -0.3 is 14.2 Å². The van der Waals surface area contributed by atoms with Crippen molar-refractivity contribution in [2.24, 2.45) is 0 Å². The molecule has 3 aromatic rings. The lowest BCUT2D eigenvalue weighted by Gasteiger charge is -2.21. The van der Waals surface area contributed by atoms with Gasteiger partial charge in [-0.15, -0.1) is 10.2 Å². The summed E-state index contributed by atoms with van der Waals surface area (Å²) < 4.78 is 18.5. The first-order valence-corrected chi connectivity index (χ1v) is 10.7. The Kier molecular flexibility index (Phi) is 5.99. The molecule has 1 aromatic heterocycles. The molecule has 1 aliphatic rings. The third kappa shape index (κ3) is 4.22. The third-order valence-corrected chi connectivity index (χ3v) is 5.85. The molecule has 8 heteroatoms. The Bertz CT molecular complexity index is 1010. The maximum atomic E-state index is 6.29. The highest BCUT2D eigenvalue weighted by molar-refractivity contribution is 7.98. The lowest BCUT2D eigenvalue weighted by atomic mass is 10.1. The summed E-state index contributed by atoms with van der Waals surface area (Å²) >= 11 is 7.91. The van der Waals surface area contributed by atoms with E-state index >= 15 is 0 Å². The van der Waals surface area contributed by atoms with Crippen molar-refractivity contribution in [2.75, 3.05) is 13.9 Å². The molecule has 0 fully saturated rings. The second kappa shape index (κ2) is 8.65. The smallest absolute Gasteiger partial charge is 0.192 e. The maximum Gasteiger partial charge on any atom is 0.192 e. The van der Waals surface area contributed by atoms with Crippen LogP contribution in [0, 0.1) is 0 Å². The van der Waals surface area contributed by atoms with Crippen LogP contribution in [0.3, 0.4) is 0 Å². The molecule has 152 valence electrons. The number of fused-ring (bicyclic) bond motifs is 1. The first kappa shape index (κ1) is 20.1. The van der Waals surface area contributed by atoms with E-state index in [9.17, 15) is 0 Å². The molecule has 0 spiro atoms. The van der Waals surface area contributed by atoms with Crippen molar-refractivity contribution < 1.29 is 14.2 Å². The summed E-state index contributed by atoms with van der Waals surface area (Å²) in [6.45, 7) is 5.03. The van der Waals surface area contributed by atoms with Crippen LogP contribution >= 0.6 is 23.4 Å². The number of benzene rings is 2. The fourth-order valence-corrected chi connectivity index (χ4v) is 4.58. The number of ether oxygens (including phenoxy) is 3. The van der Waals surface area contributed by atoms with Crippen LogP contribution in [0.1, 0.15) is 31.0 Å². The fraction of sp³-hybridized carbons (Fsp3) is 0.333. The first-order valence-electron chi connectivity index (χ1n) is 9.30. The molecular formula is C21H22ClN3O3S. The van der Waals surface area contributed by atoms with Gasteiger partial charge in [0.25, 0.3) is 0 Å². The number of thioether (sulfide) groups is 1. The molecule has 0 saturated carbocycles. The number of rotatable bonds is 6. The molecule has 4 rings (SSSR count). The number of aromatic nitrogens is 3. The van der Waals surface area contributed by atoms with Crippen LogP contribution in [-0.4, -0.2) is 28.7 Å². The predicted molar refractivity (Wildman–Crippen MR) is 114 cm³/mol. The second-order valence-electron chi connectivity index (χ2n) is 6.95. The van der Waals surface area contributed by atoms with E-state index in [-0.39, 0.29) is 12.8 Å². The van der Waals surface area contributed by atoms with Crippen molar-refractivity contribution in [3.63, 3.8) is 0 Å². The van der Waals surface area contributed by atoms with Crippen molar-refractivity contribution >= 4 is 23.4 Å². The van der Waals surface area contributed by atoms with Gasteiger partial charge in [0.15, 0.2) is 17.8 Å². The van der Waals surface area contributed by atoms with E-state index in [2.05, 4.69) is 28.6 Å². The molecule has 0 N–H and O–H groups in total. The van der Waals surface area contributed by atoms with Gasteiger partial charge in [-0.1, -0.05) is 23.4 Å². The summed E-state index contributed by atoms with van der Waals surface area (Å²) in [5.41, 5.74) is 3.01. The number of hydrogen-bond donors (Lipinski definition) is 0. The van der Waals surface area contributed by atoms with Gasteiger partial charge in [0, 0.05) is 33.5 Å². The molecule has 2 heterocycles. The van der Waals surface area contributed by atoms with E-state index in [0.717, 1.165) is 39.2 Å². The van der Waals surface area contributed by atoms with Crippen molar-refractivity contribution in [3.05, 3.63) is 52.5 Å². The summed E-state index contributed by atoms with van der Waals surface area (Å²) in [7, 11) is 1.66. The summed E-state index contributed by atoms with van der Waals surface area (Å²) in [5, 5.41) is 10.4. The molecule has 6 nitrogen and oxygen atoms in total. The third-order valence-electron chi connectivity index (χ3n) is 4.64. The van der Waals surface area contributed by atoms with Crippen molar-refractivity contribution in [2.45, 2.75) is 37.4 Å². The van der Waals surface area contributed by atoms with E-state index in [0.29, 0.717) is 17.4 Å². The molecule has 0 radical (unpaired) electrons. The van der Waals surface area contributed by atoms with Gasteiger partial charge in [-0.25, -0.2) is 0 Å². The normalized spacial score (nSPS) is 13.3. The zero-order chi connectivity index (χ0) is 20.4. The van der Waals surface area contributed by atoms with Gasteiger partial charge in [-0.05, 0) is 50.2 Å². The van der Waals surface area contributed by atoms with Gasteiger partial charge in [0.1, 0.15) is 11.5 Å². The average Bonchev–Trinajstić information content (AvgIpc) is 3.16. The minimum Gasteiger partial charge on any atom is -0.497 e. The summed E-state index contributed by atoms with van der Waals surface area (Å²) in [4.78, 5) is 0. The molecule has 0 saturated heterocycles. The number of nitrogens with zero attached hydrogens (tertiary/aromatic N) is 3. The van der Waals surface area contributed by atoms with Gasteiger partial charge in [-0.3, -0.25) is 4.57 Å². The number of hydrogen-bond acceptors (Lipinski definition) is 6. The minimum absolute atomic E-state index is 0.211. The van der Waals surface area contributed by atoms with E-state index in [4.69, 9.17) is 25.8 Å². The lowest BCUT2D eigenvalue weighted by molar-refractivity contribution is -0.0168. The Hall–Kier alpha value is -2.22.